The van der Waals surface area contributed by atoms with Gasteiger partial charge in [0, 0.05) is 38.9 Å². The molecule has 2 aromatic heterocycles. The number of carbonyl (C=O) groups is 1. The summed E-state index contributed by atoms with van der Waals surface area (Å²) in [7, 11) is 0. The first-order chi connectivity index (χ1) is 15.3. The molecule has 3 aromatic rings. The van der Waals surface area contributed by atoms with Gasteiger partial charge in [0.1, 0.15) is 17.2 Å². The van der Waals surface area contributed by atoms with Gasteiger partial charge < -0.3 is 10.2 Å². The Hall–Kier alpha value is -3.07. The van der Waals surface area contributed by atoms with Crippen molar-refractivity contribution in [1.29, 1.82) is 0 Å². The predicted molar refractivity (Wildman–Crippen MR) is 117 cm³/mol. The van der Waals surface area contributed by atoms with Crippen LogP contribution in [0.15, 0.2) is 36.5 Å². The van der Waals surface area contributed by atoms with Crippen molar-refractivity contribution in [2.24, 2.45) is 0 Å². The highest BCUT2D eigenvalue weighted by Crippen LogP contribution is 2.22. The molecule has 1 N–H and O–H groups in total. The highest BCUT2D eigenvalue weighted by Gasteiger charge is 2.22. The molecule has 0 atom stereocenters. The highest BCUT2D eigenvalue weighted by atomic mass is 19.3. The molecule has 1 aromatic carbocycles. The van der Waals surface area contributed by atoms with Crippen LogP contribution in [0.25, 0.3) is 5.65 Å². The van der Waals surface area contributed by atoms with E-state index in [0.29, 0.717) is 54.5 Å². The van der Waals surface area contributed by atoms with Gasteiger partial charge in [0.25, 0.3) is 12.3 Å². The first-order valence-corrected chi connectivity index (χ1v) is 10.6. The Balaban J connectivity index is 1.39. The van der Waals surface area contributed by atoms with Crippen LogP contribution in [0.1, 0.15) is 27.3 Å². The third-order valence-electron chi connectivity index (χ3n) is 5.75. The number of benzene rings is 1. The molecule has 170 valence electrons. The van der Waals surface area contributed by atoms with E-state index in [-0.39, 0.29) is 24.8 Å². The van der Waals surface area contributed by atoms with Gasteiger partial charge in [0.2, 0.25) is 0 Å². The minimum atomic E-state index is -2.36. The molecule has 0 saturated carbocycles. The van der Waals surface area contributed by atoms with Crippen LogP contribution in [0.3, 0.4) is 0 Å². The normalized spacial score (nSPS) is 15.0. The Kier molecular flexibility index (Phi) is 6.36. The molecular formula is C23H26F3N5O. The van der Waals surface area contributed by atoms with Crippen LogP contribution >= 0.6 is 0 Å². The number of rotatable bonds is 6. The monoisotopic (exact) mass is 445 g/mol. The number of alkyl halides is 2. The summed E-state index contributed by atoms with van der Waals surface area (Å²) in [5.74, 6) is -0.668. The van der Waals surface area contributed by atoms with Crippen molar-refractivity contribution in [2.75, 3.05) is 37.6 Å². The number of halogens is 3. The van der Waals surface area contributed by atoms with Crippen molar-refractivity contribution < 1.29 is 18.0 Å². The minimum absolute atomic E-state index is 0.177. The first-order valence-electron chi connectivity index (χ1n) is 10.6. The number of aryl methyl sites for hydroxylation is 2. The number of nitrogens with one attached hydrogen (secondary N) is 1. The summed E-state index contributed by atoms with van der Waals surface area (Å²) in [4.78, 5) is 20.8. The van der Waals surface area contributed by atoms with Crippen LogP contribution in [0, 0.1) is 19.7 Å². The summed E-state index contributed by atoms with van der Waals surface area (Å²) in [6, 6.07) is 8.68. The number of aromatic nitrogens is 2. The van der Waals surface area contributed by atoms with Crippen molar-refractivity contribution >= 4 is 17.2 Å². The Labute approximate surface area is 184 Å². The van der Waals surface area contributed by atoms with E-state index < -0.39 is 6.43 Å². The molecule has 0 radical (unpaired) electrons. The summed E-state index contributed by atoms with van der Waals surface area (Å²) in [6.07, 6.45) is -0.545. The average molecular weight is 445 g/mol. The fourth-order valence-corrected chi connectivity index (χ4v) is 4.09. The SMILES string of the molecule is Cc1ccn2c(C(=O)NCc3ccc(N4CCN(CC(F)F)CC4)c(F)c3)c(C)nc2c1. The molecule has 32 heavy (non-hydrogen) atoms. The van der Waals surface area contributed by atoms with Crippen molar-refractivity contribution in [1.82, 2.24) is 19.6 Å². The van der Waals surface area contributed by atoms with E-state index in [1.807, 2.05) is 30.2 Å². The second-order valence-electron chi connectivity index (χ2n) is 8.13. The fourth-order valence-electron chi connectivity index (χ4n) is 4.09. The molecule has 0 unspecified atom stereocenters. The lowest BCUT2D eigenvalue weighted by Crippen LogP contribution is -2.48. The number of pyridine rings is 1. The van der Waals surface area contributed by atoms with Crippen molar-refractivity contribution in [2.45, 2.75) is 26.8 Å². The smallest absolute Gasteiger partial charge is 0.270 e. The first kappa shape index (κ1) is 22.1. The van der Waals surface area contributed by atoms with Gasteiger partial charge >= 0.3 is 0 Å². The van der Waals surface area contributed by atoms with E-state index in [1.54, 1.807) is 28.4 Å². The Bertz CT molecular complexity index is 1120. The molecule has 9 heteroatoms. The van der Waals surface area contributed by atoms with Gasteiger partial charge in [-0.15, -0.1) is 0 Å². The van der Waals surface area contributed by atoms with Crippen LogP contribution in [0.2, 0.25) is 0 Å². The van der Waals surface area contributed by atoms with Gasteiger partial charge in [-0.3, -0.25) is 14.1 Å². The van der Waals surface area contributed by atoms with E-state index in [1.165, 1.54) is 6.07 Å². The quantitative estimate of drug-likeness (QED) is 0.632. The maximum Gasteiger partial charge on any atom is 0.270 e. The molecule has 0 aliphatic carbocycles. The zero-order valence-corrected chi connectivity index (χ0v) is 18.1. The molecule has 1 saturated heterocycles. The van der Waals surface area contributed by atoms with Crippen LogP contribution < -0.4 is 10.2 Å². The Morgan fingerprint density at radius 2 is 1.88 bits per heavy atom. The van der Waals surface area contributed by atoms with Crippen LogP contribution in [-0.2, 0) is 6.54 Å². The summed E-state index contributed by atoms with van der Waals surface area (Å²) < 4.78 is 41.6. The number of piperazine rings is 1. The summed E-state index contributed by atoms with van der Waals surface area (Å²) in [5.41, 5.74) is 3.93. The lowest BCUT2D eigenvalue weighted by molar-refractivity contribution is 0.0853. The number of fused-ring (bicyclic) bond motifs is 1. The lowest BCUT2D eigenvalue weighted by Gasteiger charge is -2.36. The summed E-state index contributed by atoms with van der Waals surface area (Å²) in [5, 5.41) is 2.84. The number of hydrogen-bond donors (Lipinski definition) is 1. The molecule has 0 spiro atoms. The minimum Gasteiger partial charge on any atom is -0.367 e. The van der Waals surface area contributed by atoms with Gasteiger partial charge in [-0.2, -0.15) is 0 Å². The van der Waals surface area contributed by atoms with Crippen molar-refractivity contribution in [3.63, 3.8) is 0 Å². The van der Waals surface area contributed by atoms with Crippen LogP contribution in [0.4, 0.5) is 18.9 Å². The maximum atomic E-state index is 14.7. The highest BCUT2D eigenvalue weighted by molar-refractivity contribution is 5.94. The molecule has 0 bridgehead atoms. The van der Waals surface area contributed by atoms with E-state index in [0.717, 1.165) is 5.56 Å². The van der Waals surface area contributed by atoms with Gasteiger partial charge in [-0.25, -0.2) is 18.2 Å². The van der Waals surface area contributed by atoms with Crippen molar-refractivity contribution in [3.8, 4) is 0 Å². The number of nitrogens with zero attached hydrogens (tertiary/aromatic N) is 4. The van der Waals surface area contributed by atoms with E-state index in [2.05, 4.69) is 10.3 Å². The third kappa shape index (κ3) is 4.72. The van der Waals surface area contributed by atoms with Crippen molar-refractivity contribution in [3.05, 3.63) is 64.9 Å². The van der Waals surface area contributed by atoms with Gasteiger partial charge in [0.05, 0.1) is 17.9 Å². The molecule has 1 aliphatic heterocycles. The largest absolute Gasteiger partial charge is 0.367 e. The van der Waals surface area contributed by atoms with Gasteiger partial charge in [-0.05, 0) is 49.2 Å². The Morgan fingerprint density at radius 1 is 1.12 bits per heavy atom. The van der Waals surface area contributed by atoms with E-state index in [9.17, 15) is 18.0 Å². The molecule has 1 fully saturated rings. The molecule has 1 amide bonds. The van der Waals surface area contributed by atoms with E-state index >= 15 is 0 Å². The standard InChI is InChI=1S/C23H26F3N5O/c1-15-5-6-31-21(11-15)28-16(2)22(31)23(32)27-13-17-3-4-19(18(24)12-17)30-9-7-29(8-10-30)14-20(25)26/h3-6,11-12,20H,7-10,13-14H2,1-2H3,(H,27,32). The van der Waals surface area contributed by atoms with Gasteiger partial charge in [-0.1, -0.05) is 6.07 Å². The second-order valence-corrected chi connectivity index (χ2v) is 8.13. The number of carbonyl (C=O) groups excluding carboxylic acids is 1. The number of anilines is 1. The summed E-state index contributed by atoms with van der Waals surface area (Å²) in [6.45, 7) is 5.61. The number of amides is 1. The number of hydrogen-bond acceptors (Lipinski definition) is 4. The topological polar surface area (TPSA) is 52.9 Å². The fraction of sp³-hybridized carbons (Fsp3) is 0.391. The molecule has 4 rings (SSSR count). The van der Waals surface area contributed by atoms with Crippen LogP contribution in [0.5, 0.6) is 0 Å². The molecule has 3 heterocycles. The predicted octanol–water partition coefficient (Wildman–Crippen LogP) is 3.41. The maximum absolute atomic E-state index is 14.7. The second kappa shape index (κ2) is 9.20. The summed E-state index contributed by atoms with van der Waals surface area (Å²) >= 11 is 0. The third-order valence-corrected chi connectivity index (χ3v) is 5.75. The van der Waals surface area contributed by atoms with Crippen LogP contribution in [-0.4, -0.2) is 59.3 Å². The zero-order chi connectivity index (χ0) is 22.8. The molecular weight excluding hydrogens is 419 g/mol. The zero-order valence-electron chi connectivity index (χ0n) is 18.1. The average Bonchev–Trinajstić information content (AvgIpc) is 3.07. The van der Waals surface area contributed by atoms with E-state index in [4.69, 9.17) is 0 Å². The van der Waals surface area contributed by atoms with Gasteiger partial charge in [0.15, 0.2) is 0 Å². The molecule has 1 aliphatic rings. The lowest BCUT2D eigenvalue weighted by atomic mass is 10.1. The molecule has 6 nitrogen and oxygen atoms in total. The Morgan fingerprint density at radius 3 is 2.56 bits per heavy atom. The number of imidazole rings is 1.